The molecule has 1 rings (SSSR count). The quantitative estimate of drug-likeness (QED) is 0.835. The Balaban J connectivity index is 2.82. The van der Waals surface area contributed by atoms with Crippen molar-refractivity contribution < 1.29 is 23.1 Å². The first-order valence-electron chi connectivity index (χ1n) is 4.91. The van der Waals surface area contributed by atoms with Crippen molar-refractivity contribution >= 4 is 5.97 Å². The Morgan fingerprint density at radius 3 is 2.53 bits per heavy atom. The lowest BCUT2D eigenvalue weighted by Crippen LogP contribution is -2.32. The largest absolute Gasteiger partial charge is 0.480 e. The van der Waals surface area contributed by atoms with Gasteiger partial charge in [0.2, 0.25) is 0 Å². The molecular formula is C11H12F3NO2. The number of carboxylic acids is 1. The molecule has 0 saturated carbocycles. The summed E-state index contributed by atoms with van der Waals surface area (Å²) in [5.41, 5.74) is 5.54. The van der Waals surface area contributed by atoms with Crippen molar-refractivity contribution in [3.63, 3.8) is 0 Å². The van der Waals surface area contributed by atoms with Gasteiger partial charge in [-0.15, -0.1) is 0 Å². The van der Waals surface area contributed by atoms with Crippen LogP contribution >= 0.6 is 0 Å². The molecule has 2 atom stereocenters. The first-order valence-corrected chi connectivity index (χ1v) is 4.91. The molecule has 1 aromatic carbocycles. The number of halogens is 3. The Kier molecular flexibility index (Phi) is 4.51. The highest BCUT2D eigenvalue weighted by molar-refractivity contribution is 5.73. The summed E-state index contributed by atoms with van der Waals surface area (Å²) >= 11 is 0. The summed E-state index contributed by atoms with van der Waals surface area (Å²) in [5.74, 6) is -1.19. The van der Waals surface area contributed by atoms with Gasteiger partial charge in [-0.05, 0) is 17.5 Å². The molecule has 0 aliphatic rings. The van der Waals surface area contributed by atoms with E-state index in [0.717, 1.165) is 0 Å². The lowest BCUT2D eigenvalue weighted by atomic mass is 10.0. The van der Waals surface area contributed by atoms with Gasteiger partial charge in [-0.2, -0.15) is 0 Å². The third-order valence-corrected chi connectivity index (χ3v) is 2.26. The first kappa shape index (κ1) is 13.5. The second-order valence-corrected chi connectivity index (χ2v) is 3.63. The van der Waals surface area contributed by atoms with Crippen molar-refractivity contribution in [2.75, 3.05) is 0 Å². The predicted molar refractivity (Wildman–Crippen MR) is 55.6 cm³/mol. The number of alkyl halides is 3. The summed E-state index contributed by atoms with van der Waals surface area (Å²) < 4.78 is 37.3. The SMILES string of the molecule is NC(Cc1cccc(C(F)C(F)F)c1)C(=O)O. The van der Waals surface area contributed by atoms with E-state index in [9.17, 15) is 18.0 Å². The van der Waals surface area contributed by atoms with E-state index in [1.807, 2.05) is 0 Å². The van der Waals surface area contributed by atoms with Crippen LogP contribution in [0.4, 0.5) is 13.2 Å². The van der Waals surface area contributed by atoms with E-state index >= 15 is 0 Å². The molecule has 0 bridgehead atoms. The molecule has 1 aromatic rings. The molecular weight excluding hydrogens is 235 g/mol. The van der Waals surface area contributed by atoms with Crippen molar-refractivity contribution in [3.8, 4) is 0 Å². The van der Waals surface area contributed by atoms with E-state index in [1.165, 1.54) is 24.3 Å². The molecule has 17 heavy (non-hydrogen) atoms. The van der Waals surface area contributed by atoms with Gasteiger partial charge in [0.1, 0.15) is 6.04 Å². The summed E-state index contributed by atoms with van der Waals surface area (Å²) in [5, 5.41) is 8.59. The van der Waals surface area contributed by atoms with Crippen LogP contribution in [0.15, 0.2) is 24.3 Å². The van der Waals surface area contributed by atoms with Crippen molar-refractivity contribution in [3.05, 3.63) is 35.4 Å². The van der Waals surface area contributed by atoms with Crippen molar-refractivity contribution in [2.45, 2.75) is 25.1 Å². The number of hydrogen-bond donors (Lipinski definition) is 2. The predicted octanol–water partition coefficient (Wildman–Crippen LogP) is 1.92. The maximum absolute atomic E-state index is 13.0. The Labute approximate surface area is 96.0 Å². The minimum absolute atomic E-state index is 0.0286. The molecule has 0 fully saturated rings. The van der Waals surface area contributed by atoms with Crippen LogP contribution in [0.2, 0.25) is 0 Å². The van der Waals surface area contributed by atoms with Crippen LogP contribution in [0.25, 0.3) is 0 Å². The smallest absolute Gasteiger partial charge is 0.320 e. The highest BCUT2D eigenvalue weighted by Gasteiger charge is 2.22. The van der Waals surface area contributed by atoms with Gasteiger partial charge in [0.25, 0.3) is 6.43 Å². The molecule has 0 aromatic heterocycles. The highest BCUT2D eigenvalue weighted by atomic mass is 19.3. The van der Waals surface area contributed by atoms with Crippen LogP contribution in [0, 0.1) is 0 Å². The number of hydrogen-bond acceptors (Lipinski definition) is 2. The fraction of sp³-hybridized carbons (Fsp3) is 0.364. The summed E-state index contributed by atoms with van der Waals surface area (Å²) in [7, 11) is 0. The van der Waals surface area contributed by atoms with Crippen LogP contribution in [-0.2, 0) is 11.2 Å². The van der Waals surface area contributed by atoms with Crippen LogP contribution < -0.4 is 5.73 Å². The van der Waals surface area contributed by atoms with Gasteiger partial charge >= 0.3 is 5.97 Å². The second kappa shape index (κ2) is 5.67. The lowest BCUT2D eigenvalue weighted by Gasteiger charge is -2.10. The standard InChI is InChI=1S/C11H12F3NO2/c12-9(10(13)14)7-3-1-2-6(4-7)5-8(15)11(16)17/h1-4,8-10H,5,15H2,(H,16,17). The fourth-order valence-corrected chi connectivity index (χ4v) is 1.38. The van der Waals surface area contributed by atoms with Gasteiger partial charge in [-0.3, -0.25) is 4.79 Å². The van der Waals surface area contributed by atoms with E-state index in [1.54, 1.807) is 0 Å². The van der Waals surface area contributed by atoms with Gasteiger partial charge in [-0.25, -0.2) is 13.2 Å². The molecule has 0 aliphatic heterocycles. The van der Waals surface area contributed by atoms with E-state index < -0.39 is 24.6 Å². The molecule has 2 unspecified atom stereocenters. The zero-order chi connectivity index (χ0) is 13.0. The van der Waals surface area contributed by atoms with Crippen LogP contribution in [-0.4, -0.2) is 23.5 Å². The molecule has 0 heterocycles. The molecule has 94 valence electrons. The number of nitrogens with two attached hydrogens (primary N) is 1. The second-order valence-electron chi connectivity index (χ2n) is 3.63. The van der Waals surface area contributed by atoms with Gasteiger partial charge in [-0.1, -0.05) is 24.3 Å². The molecule has 0 spiro atoms. The Morgan fingerprint density at radius 1 is 1.35 bits per heavy atom. The minimum Gasteiger partial charge on any atom is -0.480 e. The molecule has 0 saturated heterocycles. The van der Waals surface area contributed by atoms with Crippen molar-refractivity contribution in [2.24, 2.45) is 5.73 Å². The van der Waals surface area contributed by atoms with Crippen LogP contribution in [0.5, 0.6) is 0 Å². The van der Waals surface area contributed by atoms with Gasteiger partial charge in [0.15, 0.2) is 6.17 Å². The van der Waals surface area contributed by atoms with E-state index in [-0.39, 0.29) is 12.0 Å². The van der Waals surface area contributed by atoms with Gasteiger partial charge < -0.3 is 10.8 Å². The third kappa shape index (κ3) is 3.74. The zero-order valence-corrected chi connectivity index (χ0v) is 8.82. The monoisotopic (exact) mass is 247 g/mol. The van der Waals surface area contributed by atoms with Crippen LogP contribution in [0.3, 0.4) is 0 Å². The summed E-state index contributed by atoms with van der Waals surface area (Å²) in [4.78, 5) is 10.5. The van der Waals surface area contributed by atoms with Crippen molar-refractivity contribution in [1.29, 1.82) is 0 Å². The number of aliphatic carboxylic acids is 1. The number of rotatable bonds is 5. The average Bonchev–Trinajstić information content (AvgIpc) is 2.28. The summed E-state index contributed by atoms with van der Waals surface area (Å²) in [6.45, 7) is 0. The zero-order valence-electron chi connectivity index (χ0n) is 8.82. The highest BCUT2D eigenvalue weighted by Crippen LogP contribution is 2.25. The fourth-order valence-electron chi connectivity index (χ4n) is 1.38. The summed E-state index contributed by atoms with van der Waals surface area (Å²) in [6, 6.07) is 4.22. The third-order valence-electron chi connectivity index (χ3n) is 2.26. The van der Waals surface area contributed by atoms with Crippen LogP contribution in [0.1, 0.15) is 17.3 Å². The topological polar surface area (TPSA) is 63.3 Å². The molecule has 0 radical (unpaired) electrons. The molecule has 6 heteroatoms. The molecule has 0 amide bonds. The number of carbonyl (C=O) groups is 1. The summed E-state index contributed by atoms with van der Waals surface area (Å²) in [6.07, 6.45) is -5.49. The maximum Gasteiger partial charge on any atom is 0.320 e. The molecule has 0 aliphatic carbocycles. The molecule has 3 N–H and O–H groups in total. The average molecular weight is 247 g/mol. The van der Waals surface area contributed by atoms with Crippen molar-refractivity contribution in [1.82, 2.24) is 0 Å². The normalized spacial score (nSPS) is 14.6. The Morgan fingerprint density at radius 2 is 2.00 bits per heavy atom. The van der Waals surface area contributed by atoms with Gasteiger partial charge in [0.05, 0.1) is 0 Å². The van der Waals surface area contributed by atoms with E-state index in [2.05, 4.69) is 0 Å². The van der Waals surface area contributed by atoms with E-state index in [0.29, 0.717) is 5.56 Å². The number of benzene rings is 1. The Bertz CT molecular complexity index is 398. The Hall–Kier alpha value is -1.56. The maximum atomic E-state index is 13.0. The first-order chi connectivity index (χ1) is 7.91. The lowest BCUT2D eigenvalue weighted by molar-refractivity contribution is -0.138. The number of carboxylic acid groups (broad SMARTS) is 1. The minimum atomic E-state index is -3.10. The van der Waals surface area contributed by atoms with Gasteiger partial charge in [0, 0.05) is 0 Å². The van der Waals surface area contributed by atoms with E-state index in [4.69, 9.17) is 10.8 Å². The molecule has 3 nitrogen and oxygen atoms in total.